The summed E-state index contributed by atoms with van der Waals surface area (Å²) < 4.78 is 29.0. The Kier molecular flexibility index (Phi) is 4.96. The highest BCUT2D eigenvalue weighted by Crippen LogP contribution is 2.17. The van der Waals surface area contributed by atoms with Crippen LogP contribution in [0.2, 0.25) is 0 Å². The molecule has 0 saturated heterocycles. The standard InChI is InChI=1S/C14H15NO6S/c16-5-6-22(19,20)21-14(18)12-7-11(10-17)8-13(9-12)15-3-1-2-4-15/h1-4,7-9,16-17H,5-6,10H2. The van der Waals surface area contributed by atoms with Crippen LogP contribution in [0.25, 0.3) is 5.69 Å². The third-order valence-corrected chi connectivity index (χ3v) is 3.93. The highest BCUT2D eigenvalue weighted by Gasteiger charge is 2.19. The van der Waals surface area contributed by atoms with Gasteiger partial charge in [-0.2, -0.15) is 8.42 Å². The summed E-state index contributed by atoms with van der Waals surface area (Å²) in [6.45, 7) is -0.945. The van der Waals surface area contributed by atoms with Crippen LogP contribution in [0.5, 0.6) is 0 Å². The highest BCUT2D eigenvalue weighted by atomic mass is 32.2. The molecule has 0 spiro atoms. The van der Waals surface area contributed by atoms with E-state index in [1.54, 1.807) is 35.2 Å². The lowest BCUT2D eigenvalue weighted by Crippen LogP contribution is -2.18. The first-order chi connectivity index (χ1) is 10.4. The van der Waals surface area contributed by atoms with Gasteiger partial charge in [0.2, 0.25) is 0 Å². The van der Waals surface area contributed by atoms with Crippen molar-refractivity contribution in [2.45, 2.75) is 6.61 Å². The Hall–Kier alpha value is -2.16. The Morgan fingerprint density at radius 2 is 1.82 bits per heavy atom. The van der Waals surface area contributed by atoms with Crippen LogP contribution in [-0.2, 0) is 20.9 Å². The van der Waals surface area contributed by atoms with E-state index in [1.807, 2.05) is 0 Å². The monoisotopic (exact) mass is 325 g/mol. The number of aliphatic hydroxyl groups is 2. The molecule has 2 aromatic rings. The van der Waals surface area contributed by atoms with Gasteiger partial charge in [0.1, 0.15) is 5.75 Å². The molecule has 1 aromatic carbocycles. The van der Waals surface area contributed by atoms with Crippen molar-refractivity contribution in [1.29, 1.82) is 0 Å². The lowest BCUT2D eigenvalue weighted by atomic mass is 10.1. The Morgan fingerprint density at radius 1 is 1.14 bits per heavy atom. The van der Waals surface area contributed by atoms with Crippen LogP contribution >= 0.6 is 0 Å². The van der Waals surface area contributed by atoms with Gasteiger partial charge in [-0.05, 0) is 35.9 Å². The first-order valence-corrected chi connectivity index (χ1v) is 7.98. The molecule has 0 bridgehead atoms. The van der Waals surface area contributed by atoms with Crippen molar-refractivity contribution in [3.8, 4) is 5.69 Å². The zero-order chi connectivity index (χ0) is 16.2. The summed E-state index contributed by atoms with van der Waals surface area (Å²) in [6.07, 6.45) is 3.49. The van der Waals surface area contributed by atoms with Crippen molar-refractivity contribution in [2.24, 2.45) is 0 Å². The van der Waals surface area contributed by atoms with Crippen molar-refractivity contribution in [1.82, 2.24) is 4.57 Å². The Balaban J connectivity index is 2.34. The maximum Gasteiger partial charge on any atom is 0.353 e. The molecule has 2 rings (SSSR count). The van der Waals surface area contributed by atoms with Crippen molar-refractivity contribution < 1.29 is 27.6 Å². The van der Waals surface area contributed by atoms with Crippen molar-refractivity contribution >= 4 is 16.1 Å². The van der Waals surface area contributed by atoms with Crippen molar-refractivity contribution in [2.75, 3.05) is 12.4 Å². The summed E-state index contributed by atoms with van der Waals surface area (Å²) in [5.74, 6) is -1.72. The molecule has 0 aliphatic carbocycles. The van der Waals surface area contributed by atoms with Gasteiger partial charge >= 0.3 is 16.1 Å². The third kappa shape index (κ3) is 3.94. The minimum Gasteiger partial charge on any atom is -0.395 e. The van der Waals surface area contributed by atoms with E-state index in [4.69, 9.17) is 5.11 Å². The molecule has 0 radical (unpaired) electrons. The maximum atomic E-state index is 12.0. The highest BCUT2D eigenvalue weighted by molar-refractivity contribution is 7.87. The number of benzene rings is 1. The van der Waals surface area contributed by atoms with Gasteiger partial charge in [0, 0.05) is 18.1 Å². The molecule has 0 aliphatic rings. The van der Waals surface area contributed by atoms with Crippen LogP contribution in [0.15, 0.2) is 42.7 Å². The number of hydrogen-bond acceptors (Lipinski definition) is 6. The third-order valence-electron chi connectivity index (χ3n) is 2.84. The number of aromatic nitrogens is 1. The number of hydrogen-bond donors (Lipinski definition) is 2. The zero-order valence-electron chi connectivity index (χ0n) is 11.5. The summed E-state index contributed by atoms with van der Waals surface area (Å²) in [4.78, 5) is 12.0. The molecule has 22 heavy (non-hydrogen) atoms. The molecule has 0 atom stereocenters. The predicted molar refractivity (Wildman–Crippen MR) is 78.0 cm³/mol. The Bertz CT molecular complexity index is 752. The smallest absolute Gasteiger partial charge is 0.353 e. The van der Waals surface area contributed by atoms with Gasteiger partial charge in [0.05, 0.1) is 18.8 Å². The van der Waals surface area contributed by atoms with Gasteiger partial charge in [-0.3, -0.25) is 0 Å². The van der Waals surface area contributed by atoms with E-state index in [1.165, 1.54) is 12.1 Å². The normalized spacial score (nSPS) is 11.4. The fourth-order valence-electron chi connectivity index (χ4n) is 1.86. The number of carbonyl (C=O) groups is 1. The second-order valence-electron chi connectivity index (χ2n) is 4.49. The van der Waals surface area contributed by atoms with Crippen molar-refractivity contribution in [3.05, 3.63) is 53.9 Å². The lowest BCUT2D eigenvalue weighted by Gasteiger charge is -2.09. The van der Waals surface area contributed by atoms with Gasteiger partial charge in [-0.1, -0.05) is 0 Å². The average molecular weight is 325 g/mol. The summed E-state index contributed by atoms with van der Waals surface area (Å²) in [5, 5.41) is 17.9. The molecule has 1 heterocycles. The molecule has 0 aliphatic heterocycles. The largest absolute Gasteiger partial charge is 0.395 e. The molecule has 2 N–H and O–H groups in total. The Morgan fingerprint density at radius 3 is 2.41 bits per heavy atom. The summed E-state index contributed by atoms with van der Waals surface area (Å²) in [7, 11) is -4.13. The summed E-state index contributed by atoms with van der Waals surface area (Å²) in [5.41, 5.74) is 1.03. The maximum absolute atomic E-state index is 12.0. The second kappa shape index (κ2) is 6.73. The van der Waals surface area contributed by atoms with Gasteiger partial charge in [-0.25, -0.2) is 4.79 Å². The summed E-state index contributed by atoms with van der Waals surface area (Å²) in [6, 6.07) is 8.05. The van der Waals surface area contributed by atoms with Crippen LogP contribution in [-0.4, -0.2) is 41.5 Å². The van der Waals surface area contributed by atoms with Crippen LogP contribution < -0.4 is 0 Å². The molecule has 118 valence electrons. The molecule has 0 amide bonds. The number of aliphatic hydroxyl groups excluding tert-OH is 2. The first-order valence-electron chi connectivity index (χ1n) is 6.40. The van der Waals surface area contributed by atoms with Crippen LogP contribution in [0.4, 0.5) is 0 Å². The fraction of sp³-hybridized carbons (Fsp3) is 0.214. The van der Waals surface area contributed by atoms with Gasteiger partial charge in [0.15, 0.2) is 0 Å². The molecular formula is C14H15NO6S. The quantitative estimate of drug-likeness (QED) is 0.747. The average Bonchev–Trinajstić information content (AvgIpc) is 3.00. The molecule has 0 saturated carbocycles. The van der Waals surface area contributed by atoms with E-state index in [2.05, 4.69) is 4.18 Å². The number of rotatable bonds is 6. The Labute approximate surface area is 127 Å². The van der Waals surface area contributed by atoms with Crippen LogP contribution in [0, 0.1) is 0 Å². The fourth-order valence-corrected chi connectivity index (χ4v) is 2.49. The molecule has 0 fully saturated rings. The zero-order valence-corrected chi connectivity index (χ0v) is 12.4. The minimum atomic E-state index is -4.13. The number of nitrogens with zero attached hydrogens (tertiary/aromatic N) is 1. The predicted octanol–water partition coefficient (Wildman–Crippen LogP) is 0.448. The second-order valence-corrected chi connectivity index (χ2v) is 6.18. The van der Waals surface area contributed by atoms with E-state index >= 15 is 0 Å². The lowest BCUT2D eigenvalue weighted by molar-refractivity contribution is 0.0745. The SMILES string of the molecule is O=C(OS(=O)(=O)CCO)c1cc(CO)cc(-n2cccc2)c1. The first kappa shape index (κ1) is 16.2. The van der Waals surface area contributed by atoms with Gasteiger partial charge < -0.3 is 19.0 Å². The molecule has 8 heteroatoms. The summed E-state index contributed by atoms with van der Waals surface area (Å²) >= 11 is 0. The molecule has 0 unspecified atom stereocenters. The van der Waals surface area contributed by atoms with E-state index in [9.17, 15) is 18.3 Å². The van der Waals surface area contributed by atoms with E-state index in [-0.39, 0.29) is 12.2 Å². The van der Waals surface area contributed by atoms with E-state index < -0.39 is 28.4 Å². The van der Waals surface area contributed by atoms with E-state index in [0.29, 0.717) is 11.3 Å². The molecule has 1 aromatic heterocycles. The molecular weight excluding hydrogens is 310 g/mol. The van der Waals surface area contributed by atoms with Crippen LogP contribution in [0.1, 0.15) is 15.9 Å². The van der Waals surface area contributed by atoms with Gasteiger partial charge in [-0.15, -0.1) is 0 Å². The van der Waals surface area contributed by atoms with E-state index in [0.717, 1.165) is 0 Å². The topological polar surface area (TPSA) is 106 Å². The molecule has 7 nitrogen and oxygen atoms in total. The van der Waals surface area contributed by atoms with Crippen molar-refractivity contribution in [3.63, 3.8) is 0 Å². The number of carbonyl (C=O) groups excluding carboxylic acids is 1. The van der Waals surface area contributed by atoms with Crippen LogP contribution in [0.3, 0.4) is 0 Å². The minimum absolute atomic E-state index is 0.00300. The van der Waals surface area contributed by atoms with Gasteiger partial charge in [0.25, 0.3) is 0 Å².